The number of rotatable bonds is 5. The van der Waals surface area contributed by atoms with Gasteiger partial charge in [-0.25, -0.2) is 0 Å². The summed E-state index contributed by atoms with van der Waals surface area (Å²) >= 11 is 0. The van der Waals surface area contributed by atoms with Crippen molar-refractivity contribution in [3.8, 4) is 0 Å². The lowest BCUT2D eigenvalue weighted by Crippen LogP contribution is -2.00. The molecule has 0 fully saturated rings. The minimum Gasteiger partial charge on any atom is -0.103 e. The number of hydrogen-bond acceptors (Lipinski definition) is 0. The molecule has 2 atom stereocenters. The number of allylic oxidation sites excluding steroid dienone is 2. The summed E-state index contributed by atoms with van der Waals surface area (Å²) in [6, 6.07) is 0. The molecule has 0 aromatic carbocycles. The second-order valence-electron chi connectivity index (χ2n) is 3.72. The quantitative estimate of drug-likeness (QED) is 0.526. The van der Waals surface area contributed by atoms with Gasteiger partial charge in [0, 0.05) is 0 Å². The van der Waals surface area contributed by atoms with Crippen molar-refractivity contribution in [2.24, 2.45) is 11.8 Å². The van der Waals surface area contributed by atoms with Crippen LogP contribution in [0.25, 0.3) is 0 Å². The van der Waals surface area contributed by atoms with E-state index >= 15 is 0 Å². The molecule has 0 aliphatic rings. The highest BCUT2D eigenvalue weighted by Gasteiger charge is 2.05. The molecular weight excluding hydrogens is 132 g/mol. The highest BCUT2D eigenvalue weighted by molar-refractivity contribution is 4.90. The van der Waals surface area contributed by atoms with Crippen molar-refractivity contribution in [3.05, 3.63) is 24.8 Å². The fourth-order valence-corrected chi connectivity index (χ4v) is 1.41. The zero-order valence-corrected chi connectivity index (χ0v) is 8.06. The highest BCUT2D eigenvalue weighted by atomic mass is 14.1. The van der Waals surface area contributed by atoms with Crippen LogP contribution in [0.15, 0.2) is 24.8 Å². The van der Waals surface area contributed by atoms with E-state index in [1.54, 1.807) is 0 Å². The topological polar surface area (TPSA) is 0 Å². The molecule has 0 spiro atoms. The summed E-state index contributed by atoms with van der Waals surface area (Å²) in [5.41, 5.74) is 1.29. The van der Waals surface area contributed by atoms with Crippen LogP contribution in [0.5, 0.6) is 0 Å². The van der Waals surface area contributed by atoms with E-state index < -0.39 is 0 Å². The molecule has 0 saturated carbocycles. The first-order valence-electron chi connectivity index (χ1n) is 4.33. The highest BCUT2D eigenvalue weighted by Crippen LogP contribution is 2.18. The van der Waals surface area contributed by atoms with Crippen molar-refractivity contribution in [3.63, 3.8) is 0 Å². The van der Waals surface area contributed by atoms with E-state index in [0.29, 0.717) is 5.92 Å². The second-order valence-corrected chi connectivity index (χ2v) is 3.72. The van der Waals surface area contributed by atoms with Gasteiger partial charge in [-0.1, -0.05) is 25.5 Å². The normalized spacial score (nSPS) is 15.5. The smallest absolute Gasteiger partial charge is 0.0262 e. The van der Waals surface area contributed by atoms with E-state index in [1.165, 1.54) is 12.0 Å². The Bertz CT molecular complexity index is 133. The van der Waals surface area contributed by atoms with Crippen molar-refractivity contribution in [2.45, 2.75) is 33.6 Å². The zero-order chi connectivity index (χ0) is 8.85. The molecule has 0 aliphatic carbocycles. The monoisotopic (exact) mass is 152 g/mol. The Balaban J connectivity index is 3.59. The standard InChI is InChI=1S/C11H20/c1-6-10(4)8-11(5)7-9(2)3/h6,10-11H,1-2,7-8H2,3-5H3. The molecule has 0 heterocycles. The van der Waals surface area contributed by atoms with Crippen LogP contribution in [0.4, 0.5) is 0 Å². The van der Waals surface area contributed by atoms with E-state index in [4.69, 9.17) is 0 Å². The molecule has 0 amide bonds. The summed E-state index contributed by atoms with van der Waals surface area (Å²) in [6.07, 6.45) is 4.41. The van der Waals surface area contributed by atoms with Gasteiger partial charge in [-0.2, -0.15) is 0 Å². The summed E-state index contributed by atoms with van der Waals surface area (Å²) in [6.45, 7) is 14.2. The number of hydrogen-bond donors (Lipinski definition) is 0. The Hall–Kier alpha value is -0.520. The third-order valence-corrected chi connectivity index (χ3v) is 1.87. The first-order valence-corrected chi connectivity index (χ1v) is 4.33. The molecular formula is C11H20. The molecule has 0 N–H and O–H groups in total. The molecule has 11 heavy (non-hydrogen) atoms. The Kier molecular flexibility index (Phi) is 4.93. The van der Waals surface area contributed by atoms with Gasteiger partial charge in [0.2, 0.25) is 0 Å². The van der Waals surface area contributed by atoms with Crippen LogP contribution in [0.2, 0.25) is 0 Å². The van der Waals surface area contributed by atoms with Crippen molar-refractivity contribution in [1.29, 1.82) is 0 Å². The van der Waals surface area contributed by atoms with Gasteiger partial charge in [0.25, 0.3) is 0 Å². The predicted octanol–water partition coefficient (Wildman–Crippen LogP) is 3.80. The average molecular weight is 152 g/mol. The fraction of sp³-hybridized carbons (Fsp3) is 0.636. The lowest BCUT2D eigenvalue weighted by atomic mass is 9.93. The van der Waals surface area contributed by atoms with Gasteiger partial charge < -0.3 is 0 Å². The van der Waals surface area contributed by atoms with Crippen LogP contribution in [-0.2, 0) is 0 Å². The van der Waals surface area contributed by atoms with Crippen LogP contribution in [0.1, 0.15) is 33.6 Å². The van der Waals surface area contributed by atoms with E-state index in [2.05, 4.69) is 33.9 Å². The van der Waals surface area contributed by atoms with E-state index in [0.717, 1.165) is 12.3 Å². The van der Waals surface area contributed by atoms with Crippen LogP contribution >= 0.6 is 0 Å². The molecule has 0 radical (unpaired) electrons. The van der Waals surface area contributed by atoms with Gasteiger partial charge in [-0.3, -0.25) is 0 Å². The van der Waals surface area contributed by atoms with Crippen LogP contribution in [0, 0.1) is 11.8 Å². The van der Waals surface area contributed by atoms with Gasteiger partial charge in [-0.05, 0) is 31.6 Å². The van der Waals surface area contributed by atoms with Crippen LogP contribution in [-0.4, -0.2) is 0 Å². The van der Waals surface area contributed by atoms with E-state index in [9.17, 15) is 0 Å². The van der Waals surface area contributed by atoms with Gasteiger partial charge >= 0.3 is 0 Å². The predicted molar refractivity (Wildman–Crippen MR) is 52.6 cm³/mol. The summed E-state index contributed by atoms with van der Waals surface area (Å²) < 4.78 is 0. The Morgan fingerprint density at radius 3 is 2.36 bits per heavy atom. The van der Waals surface area contributed by atoms with Gasteiger partial charge in [0.1, 0.15) is 0 Å². The van der Waals surface area contributed by atoms with Crippen molar-refractivity contribution in [1.82, 2.24) is 0 Å². The molecule has 0 bridgehead atoms. The Morgan fingerprint density at radius 1 is 1.45 bits per heavy atom. The lowest BCUT2D eigenvalue weighted by molar-refractivity contribution is 0.464. The first kappa shape index (κ1) is 10.5. The third kappa shape index (κ3) is 5.90. The fourth-order valence-electron chi connectivity index (χ4n) is 1.41. The lowest BCUT2D eigenvalue weighted by Gasteiger charge is -2.13. The van der Waals surface area contributed by atoms with E-state index in [1.807, 2.05) is 6.08 Å². The van der Waals surface area contributed by atoms with Gasteiger partial charge in [0.15, 0.2) is 0 Å². The maximum Gasteiger partial charge on any atom is -0.0262 e. The van der Waals surface area contributed by atoms with Crippen molar-refractivity contribution in [2.75, 3.05) is 0 Å². The maximum atomic E-state index is 3.90. The third-order valence-electron chi connectivity index (χ3n) is 1.87. The summed E-state index contributed by atoms with van der Waals surface area (Å²) in [5, 5.41) is 0. The Morgan fingerprint density at radius 2 is 2.00 bits per heavy atom. The minimum atomic E-state index is 0.643. The average Bonchev–Trinajstić information content (AvgIpc) is 1.85. The second kappa shape index (κ2) is 5.17. The van der Waals surface area contributed by atoms with Crippen molar-refractivity contribution >= 4 is 0 Å². The summed E-state index contributed by atoms with van der Waals surface area (Å²) in [4.78, 5) is 0. The van der Waals surface area contributed by atoms with E-state index in [-0.39, 0.29) is 0 Å². The van der Waals surface area contributed by atoms with Crippen LogP contribution in [0.3, 0.4) is 0 Å². The van der Waals surface area contributed by atoms with Crippen molar-refractivity contribution < 1.29 is 0 Å². The summed E-state index contributed by atoms with van der Waals surface area (Å²) in [7, 11) is 0. The molecule has 0 rings (SSSR count). The van der Waals surface area contributed by atoms with Crippen LogP contribution < -0.4 is 0 Å². The van der Waals surface area contributed by atoms with Gasteiger partial charge in [-0.15, -0.1) is 13.2 Å². The SMILES string of the molecule is C=CC(C)CC(C)CC(=C)C. The maximum absolute atomic E-state index is 3.90. The largest absolute Gasteiger partial charge is 0.103 e. The molecule has 64 valence electrons. The molecule has 0 heteroatoms. The Labute approximate surface area is 71.0 Å². The minimum absolute atomic E-state index is 0.643. The first-order chi connectivity index (χ1) is 5.06. The molecule has 2 unspecified atom stereocenters. The molecule has 0 aromatic heterocycles. The zero-order valence-electron chi connectivity index (χ0n) is 8.06. The molecule has 0 aliphatic heterocycles. The molecule has 0 nitrogen and oxygen atoms in total. The molecule has 0 aromatic rings. The van der Waals surface area contributed by atoms with Gasteiger partial charge in [0.05, 0.1) is 0 Å². The summed E-state index contributed by atoms with van der Waals surface area (Å²) in [5.74, 6) is 1.39. The molecule has 0 saturated heterocycles.